The van der Waals surface area contributed by atoms with Crippen molar-refractivity contribution in [3.05, 3.63) is 38.4 Å². The van der Waals surface area contributed by atoms with Gasteiger partial charge in [-0.1, -0.05) is 32.6 Å². The van der Waals surface area contributed by atoms with Crippen LogP contribution >= 0.6 is 0 Å². The summed E-state index contributed by atoms with van der Waals surface area (Å²) in [5.41, 5.74) is 2.34. The van der Waals surface area contributed by atoms with Gasteiger partial charge in [0.05, 0.1) is 15.9 Å². The Morgan fingerprint density at radius 1 is 1.33 bits per heavy atom. The van der Waals surface area contributed by atoms with E-state index in [0.717, 1.165) is 31.7 Å². The number of nitro benzene ring substituents is 2. The fourth-order valence-electron chi connectivity index (χ4n) is 2.23. The zero-order valence-corrected chi connectivity index (χ0v) is 13.7. The summed E-state index contributed by atoms with van der Waals surface area (Å²) in [7, 11) is 0. The molecule has 8 heteroatoms. The molecule has 0 spiro atoms. The van der Waals surface area contributed by atoms with E-state index in [4.69, 9.17) is 6.42 Å². The fraction of sp³-hybridized carbons (Fsp3) is 0.438. The first-order valence-electron chi connectivity index (χ1n) is 7.67. The minimum absolute atomic E-state index is 0.0590. The molecule has 24 heavy (non-hydrogen) atoms. The molecule has 0 aliphatic heterocycles. The predicted octanol–water partition coefficient (Wildman–Crippen LogP) is 4.12. The molecule has 1 rings (SSSR count). The van der Waals surface area contributed by atoms with E-state index in [1.165, 1.54) is 12.1 Å². The molecule has 1 aromatic rings. The molecule has 128 valence electrons. The molecule has 0 amide bonds. The number of non-ortho nitro benzene ring substituents is 1. The maximum atomic E-state index is 11.1. The van der Waals surface area contributed by atoms with E-state index in [2.05, 4.69) is 23.4 Å². The smallest absolute Gasteiger partial charge is 0.271 e. The zero-order valence-electron chi connectivity index (χ0n) is 13.7. The first kappa shape index (κ1) is 19.1. The number of hydrogen-bond donors (Lipinski definition) is 1. The molecular formula is C16H20N4O4. The lowest BCUT2D eigenvalue weighted by Gasteiger charge is -2.13. The van der Waals surface area contributed by atoms with Gasteiger partial charge >= 0.3 is 5.69 Å². The fourth-order valence-corrected chi connectivity index (χ4v) is 2.23. The summed E-state index contributed by atoms with van der Waals surface area (Å²) in [6.07, 6.45) is 9.25. The summed E-state index contributed by atoms with van der Waals surface area (Å²) in [5.74, 6) is 2.62. The van der Waals surface area contributed by atoms with Crippen molar-refractivity contribution in [2.24, 2.45) is 11.0 Å². The second kappa shape index (κ2) is 9.25. The topological polar surface area (TPSA) is 111 Å². The average Bonchev–Trinajstić information content (AvgIpc) is 2.57. The number of nitrogens with one attached hydrogen (secondary N) is 1. The number of benzene rings is 1. The Morgan fingerprint density at radius 3 is 2.54 bits per heavy atom. The van der Waals surface area contributed by atoms with Gasteiger partial charge < -0.3 is 0 Å². The third-order valence-electron chi connectivity index (χ3n) is 3.62. The van der Waals surface area contributed by atoms with Crippen LogP contribution in [0.4, 0.5) is 17.1 Å². The molecule has 1 unspecified atom stereocenters. The monoisotopic (exact) mass is 332 g/mol. The van der Waals surface area contributed by atoms with E-state index in [-0.39, 0.29) is 17.3 Å². The van der Waals surface area contributed by atoms with Crippen LogP contribution in [0, 0.1) is 38.5 Å². The molecule has 0 bridgehead atoms. The average molecular weight is 332 g/mol. The number of rotatable bonds is 9. The minimum Gasteiger partial charge on any atom is -0.271 e. The van der Waals surface area contributed by atoms with Gasteiger partial charge in [0.15, 0.2) is 0 Å². The van der Waals surface area contributed by atoms with Crippen LogP contribution in [0.5, 0.6) is 0 Å². The van der Waals surface area contributed by atoms with Gasteiger partial charge in [0, 0.05) is 12.0 Å². The van der Waals surface area contributed by atoms with Crippen molar-refractivity contribution in [3.63, 3.8) is 0 Å². The number of nitrogens with zero attached hydrogens (tertiary/aromatic N) is 3. The van der Waals surface area contributed by atoms with Crippen LogP contribution < -0.4 is 5.43 Å². The number of hydrazone groups is 1. The van der Waals surface area contributed by atoms with Crippen molar-refractivity contribution in [2.75, 3.05) is 5.43 Å². The quantitative estimate of drug-likeness (QED) is 0.316. The first-order valence-corrected chi connectivity index (χ1v) is 7.67. The van der Waals surface area contributed by atoms with E-state index in [1.54, 1.807) is 0 Å². The van der Waals surface area contributed by atoms with Gasteiger partial charge in [0.2, 0.25) is 0 Å². The largest absolute Gasteiger partial charge is 0.301 e. The van der Waals surface area contributed by atoms with Crippen molar-refractivity contribution in [1.82, 2.24) is 0 Å². The summed E-state index contributed by atoms with van der Waals surface area (Å²) >= 11 is 0. The van der Waals surface area contributed by atoms with Crippen LogP contribution in [-0.4, -0.2) is 15.6 Å². The maximum absolute atomic E-state index is 11.1. The van der Waals surface area contributed by atoms with Gasteiger partial charge in [-0.05, 0) is 18.9 Å². The Balaban J connectivity index is 3.08. The van der Waals surface area contributed by atoms with Gasteiger partial charge in [0.25, 0.3) is 5.69 Å². The van der Waals surface area contributed by atoms with E-state index < -0.39 is 15.5 Å². The molecule has 0 aromatic heterocycles. The lowest BCUT2D eigenvalue weighted by atomic mass is 9.94. The Morgan fingerprint density at radius 2 is 2.04 bits per heavy atom. The SMILES string of the molecule is C#CC(=NNc1ccc([N+](=O)[O-])cc1[N+](=O)[O-])C(CC)CCCC. The summed E-state index contributed by atoms with van der Waals surface area (Å²) in [5, 5.41) is 25.9. The van der Waals surface area contributed by atoms with Crippen LogP contribution in [-0.2, 0) is 0 Å². The third kappa shape index (κ3) is 5.05. The predicted molar refractivity (Wildman–Crippen MR) is 92.9 cm³/mol. The number of hydrogen-bond acceptors (Lipinski definition) is 6. The van der Waals surface area contributed by atoms with Gasteiger partial charge in [-0.25, -0.2) is 0 Å². The Kier molecular flexibility index (Phi) is 7.36. The van der Waals surface area contributed by atoms with Crippen molar-refractivity contribution >= 4 is 22.8 Å². The van der Waals surface area contributed by atoms with Crippen molar-refractivity contribution in [2.45, 2.75) is 39.5 Å². The van der Waals surface area contributed by atoms with Gasteiger partial charge in [-0.2, -0.15) is 5.10 Å². The number of unbranched alkanes of at least 4 members (excludes halogenated alkanes) is 1. The van der Waals surface area contributed by atoms with E-state index in [1.807, 2.05) is 6.92 Å². The highest BCUT2D eigenvalue weighted by atomic mass is 16.6. The summed E-state index contributed by atoms with van der Waals surface area (Å²) in [6, 6.07) is 3.32. The van der Waals surface area contributed by atoms with Gasteiger partial charge in [0.1, 0.15) is 11.4 Å². The molecule has 0 heterocycles. The van der Waals surface area contributed by atoms with Crippen LogP contribution in [0.2, 0.25) is 0 Å². The molecule has 1 N–H and O–H groups in total. The highest BCUT2D eigenvalue weighted by Gasteiger charge is 2.20. The summed E-state index contributed by atoms with van der Waals surface area (Å²) in [6.45, 7) is 4.08. The van der Waals surface area contributed by atoms with Crippen LogP contribution in [0.1, 0.15) is 39.5 Å². The lowest BCUT2D eigenvalue weighted by Crippen LogP contribution is -2.14. The molecule has 1 aromatic carbocycles. The normalized spacial score (nSPS) is 12.3. The Hall–Kier alpha value is -2.95. The Bertz CT molecular complexity index is 679. The first-order chi connectivity index (χ1) is 11.4. The van der Waals surface area contributed by atoms with Crippen LogP contribution in [0.25, 0.3) is 0 Å². The third-order valence-corrected chi connectivity index (χ3v) is 3.62. The number of anilines is 1. The lowest BCUT2D eigenvalue weighted by molar-refractivity contribution is -0.393. The highest BCUT2D eigenvalue weighted by molar-refractivity contribution is 6.02. The number of nitro groups is 2. The number of terminal acetylenes is 1. The molecule has 0 fully saturated rings. The molecular weight excluding hydrogens is 312 g/mol. The second-order valence-electron chi connectivity index (χ2n) is 5.22. The van der Waals surface area contributed by atoms with Gasteiger partial charge in [-0.3, -0.25) is 25.7 Å². The molecule has 0 aliphatic carbocycles. The minimum atomic E-state index is -0.700. The Labute approximate surface area is 140 Å². The second-order valence-corrected chi connectivity index (χ2v) is 5.22. The van der Waals surface area contributed by atoms with Crippen LogP contribution in [0.3, 0.4) is 0 Å². The van der Waals surface area contributed by atoms with Gasteiger partial charge in [-0.15, -0.1) is 6.42 Å². The van der Waals surface area contributed by atoms with Crippen molar-refractivity contribution in [3.8, 4) is 12.3 Å². The maximum Gasteiger partial charge on any atom is 0.301 e. The molecule has 1 atom stereocenters. The van der Waals surface area contributed by atoms with Crippen LogP contribution in [0.15, 0.2) is 23.3 Å². The van der Waals surface area contributed by atoms with Crippen molar-refractivity contribution < 1.29 is 9.85 Å². The zero-order chi connectivity index (χ0) is 18.1. The van der Waals surface area contributed by atoms with E-state index >= 15 is 0 Å². The van der Waals surface area contributed by atoms with E-state index in [9.17, 15) is 20.2 Å². The summed E-state index contributed by atoms with van der Waals surface area (Å²) in [4.78, 5) is 20.4. The molecule has 0 saturated heterocycles. The molecule has 0 saturated carbocycles. The standard InChI is InChI=1S/C16H20N4O4/c1-4-7-8-12(5-2)14(6-3)17-18-15-10-9-13(19(21)22)11-16(15)20(23)24/h3,9-12,18H,4-5,7-8H2,1-2H3. The molecule has 0 aliphatic rings. The highest BCUT2D eigenvalue weighted by Crippen LogP contribution is 2.29. The van der Waals surface area contributed by atoms with Crippen molar-refractivity contribution in [1.29, 1.82) is 0 Å². The van der Waals surface area contributed by atoms with E-state index in [0.29, 0.717) is 5.71 Å². The summed E-state index contributed by atoms with van der Waals surface area (Å²) < 4.78 is 0. The molecule has 8 nitrogen and oxygen atoms in total. The molecule has 0 radical (unpaired) electrons.